The molecule has 21 heavy (non-hydrogen) atoms. The highest BCUT2D eigenvalue weighted by Crippen LogP contribution is 2.33. The molecule has 0 amide bonds. The zero-order valence-corrected chi connectivity index (χ0v) is 13.7. The summed E-state index contributed by atoms with van der Waals surface area (Å²) in [6, 6.07) is 13.6. The Hall–Kier alpha value is -1.56. The van der Waals surface area contributed by atoms with Crippen LogP contribution in [-0.4, -0.2) is 13.7 Å². The van der Waals surface area contributed by atoms with Gasteiger partial charge in [0.1, 0.15) is 11.5 Å². The van der Waals surface area contributed by atoms with Gasteiger partial charge in [0.25, 0.3) is 0 Å². The van der Waals surface area contributed by atoms with E-state index in [4.69, 9.17) is 15.3 Å². The van der Waals surface area contributed by atoms with Crippen molar-refractivity contribution in [3.8, 4) is 11.5 Å². The standard InChI is InChI=1S/C16H19BrN2O2/c1-3-21-14-7-5-4-6-12(14)16(19-18)11-8-9-15(20-2)13(17)10-11/h4-10,16,19H,3,18H2,1-2H3. The topological polar surface area (TPSA) is 56.5 Å². The summed E-state index contributed by atoms with van der Waals surface area (Å²) in [6.07, 6.45) is 0. The van der Waals surface area contributed by atoms with Gasteiger partial charge in [-0.3, -0.25) is 5.84 Å². The highest BCUT2D eigenvalue weighted by atomic mass is 79.9. The molecule has 2 aromatic carbocycles. The Balaban J connectivity index is 2.42. The highest BCUT2D eigenvalue weighted by molar-refractivity contribution is 9.10. The first-order valence-electron chi connectivity index (χ1n) is 6.72. The molecule has 0 aromatic heterocycles. The van der Waals surface area contributed by atoms with Gasteiger partial charge < -0.3 is 9.47 Å². The van der Waals surface area contributed by atoms with Crippen molar-refractivity contribution in [1.82, 2.24) is 5.43 Å². The summed E-state index contributed by atoms with van der Waals surface area (Å²) in [5, 5.41) is 0. The smallest absolute Gasteiger partial charge is 0.133 e. The Bertz CT molecular complexity index is 605. The van der Waals surface area contributed by atoms with Crippen LogP contribution in [0.3, 0.4) is 0 Å². The van der Waals surface area contributed by atoms with E-state index in [0.717, 1.165) is 27.1 Å². The molecule has 2 rings (SSSR count). The molecule has 1 unspecified atom stereocenters. The molecular weight excluding hydrogens is 332 g/mol. The molecule has 112 valence electrons. The van der Waals surface area contributed by atoms with Crippen molar-refractivity contribution in [3.05, 3.63) is 58.1 Å². The van der Waals surface area contributed by atoms with Crippen LogP contribution in [0, 0.1) is 0 Å². The van der Waals surface area contributed by atoms with Crippen LogP contribution >= 0.6 is 15.9 Å². The van der Waals surface area contributed by atoms with E-state index in [1.807, 2.05) is 49.4 Å². The average Bonchev–Trinajstić information content (AvgIpc) is 2.50. The van der Waals surface area contributed by atoms with E-state index in [1.165, 1.54) is 0 Å². The number of benzene rings is 2. The minimum absolute atomic E-state index is 0.157. The van der Waals surface area contributed by atoms with Crippen molar-refractivity contribution in [2.45, 2.75) is 13.0 Å². The van der Waals surface area contributed by atoms with Gasteiger partial charge in [0, 0.05) is 5.56 Å². The van der Waals surface area contributed by atoms with Crippen molar-refractivity contribution >= 4 is 15.9 Å². The summed E-state index contributed by atoms with van der Waals surface area (Å²) in [5.41, 5.74) is 4.88. The number of hydrazine groups is 1. The summed E-state index contributed by atoms with van der Waals surface area (Å²) < 4.78 is 11.8. The molecule has 0 heterocycles. The molecule has 0 saturated carbocycles. The van der Waals surface area contributed by atoms with E-state index >= 15 is 0 Å². The average molecular weight is 351 g/mol. The third-order valence-corrected chi connectivity index (χ3v) is 3.83. The maximum atomic E-state index is 5.77. The van der Waals surface area contributed by atoms with E-state index in [9.17, 15) is 0 Å². The van der Waals surface area contributed by atoms with Gasteiger partial charge in [-0.2, -0.15) is 0 Å². The van der Waals surface area contributed by atoms with Crippen LogP contribution in [0.25, 0.3) is 0 Å². The first kappa shape index (κ1) is 15.8. The largest absolute Gasteiger partial charge is 0.496 e. The zero-order chi connectivity index (χ0) is 15.2. The first-order valence-corrected chi connectivity index (χ1v) is 7.51. The molecule has 0 aliphatic rings. The second kappa shape index (κ2) is 7.45. The van der Waals surface area contributed by atoms with Crippen LogP contribution < -0.4 is 20.7 Å². The van der Waals surface area contributed by atoms with Crippen LogP contribution in [-0.2, 0) is 0 Å². The molecule has 2 aromatic rings. The maximum absolute atomic E-state index is 5.77. The van der Waals surface area contributed by atoms with Gasteiger partial charge in [-0.05, 0) is 46.6 Å². The Kier molecular flexibility index (Phi) is 5.61. The minimum atomic E-state index is -0.157. The van der Waals surface area contributed by atoms with Gasteiger partial charge in [0.15, 0.2) is 0 Å². The van der Waals surface area contributed by atoms with Crippen molar-refractivity contribution in [1.29, 1.82) is 0 Å². The molecule has 0 aliphatic carbocycles. The van der Waals surface area contributed by atoms with E-state index < -0.39 is 0 Å². The summed E-state index contributed by atoms with van der Waals surface area (Å²) in [7, 11) is 1.64. The van der Waals surface area contributed by atoms with Gasteiger partial charge in [-0.25, -0.2) is 5.43 Å². The first-order chi connectivity index (χ1) is 10.2. The predicted octanol–water partition coefficient (Wildman–Crippen LogP) is 3.41. The predicted molar refractivity (Wildman–Crippen MR) is 87.5 cm³/mol. The summed E-state index contributed by atoms with van der Waals surface area (Å²) in [4.78, 5) is 0. The lowest BCUT2D eigenvalue weighted by atomic mass is 9.98. The van der Waals surface area contributed by atoms with Crippen LogP contribution in [0.2, 0.25) is 0 Å². The minimum Gasteiger partial charge on any atom is -0.496 e. The van der Waals surface area contributed by atoms with Crippen LogP contribution in [0.15, 0.2) is 46.9 Å². The summed E-state index contributed by atoms with van der Waals surface area (Å²) >= 11 is 3.50. The van der Waals surface area contributed by atoms with Crippen molar-refractivity contribution in [2.24, 2.45) is 5.84 Å². The molecule has 1 atom stereocenters. The third-order valence-electron chi connectivity index (χ3n) is 3.21. The second-order valence-corrected chi connectivity index (χ2v) is 5.32. The van der Waals surface area contributed by atoms with Crippen molar-refractivity contribution < 1.29 is 9.47 Å². The lowest BCUT2D eigenvalue weighted by Gasteiger charge is -2.20. The fraction of sp³-hybridized carbons (Fsp3) is 0.250. The van der Waals surface area contributed by atoms with Crippen molar-refractivity contribution in [3.63, 3.8) is 0 Å². The monoisotopic (exact) mass is 350 g/mol. The van der Waals surface area contributed by atoms with E-state index in [1.54, 1.807) is 7.11 Å². The summed E-state index contributed by atoms with van der Waals surface area (Å²) in [5.74, 6) is 7.38. The number of hydrogen-bond donors (Lipinski definition) is 2. The SMILES string of the molecule is CCOc1ccccc1C(NN)c1ccc(OC)c(Br)c1. The van der Waals surface area contributed by atoms with Crippen LogP contribution in [0.5, 0.6) is 11.5 Å². The second-order valence-electron chi connectivity index (χ2n) is 4.46. The lowest BCUT2D eigenvalue weighted by Crippen LogP contribution is -2.29. The number of methoxy groups -OCH3 is 1. The van der Waals surface area contributed by atoms with Crippen LogP contribution in [0.4, 0.5) is 0 Å². The number of hydrogen-bond acceptors (Lipinski definition) is 4. The zero-order valence-electron chi connectivity index (χ0n) is 12.1. The van der Waals surface area contributed by atoms with E-state index in [2.05, 4.69) is 21.4 Å². The van der Waals surface area contributed by atoms with Crippen molar-refractivity contribution in [2.75, 3.05) is 13.7 Å². The number of nitrogens with one attached hydrogen (secondary N) is 1. The fourth-order valence-electron chi connectivity index (χ4n) is 2.23. The van der Waals surface area contributed by atoms with Gasteiger partial charge >= 0.3 is 0 Å². The molecule has 0 radical (unpaired) electrons. The molecule has 3 N–H and O–H groups in total. The Morgan fingerprint density at radius 1 is 1.19 bits per heavy atom. The van der Waals surface area contributed by atoms with E-state index in [0.29, 0.717) is 6.61 Å². The molecule has 4 nitrogen and oxygen atoms in total. The van der Waals surface area contributed by atoms with E-state index in [-0.39, 0.29) is 6.04 Å². The number of para-hydroxylation sites is 1. The quantitative estimate of drug-likeness (QED) is 0.619. The molecule has 5 heteroatoms. The Labute approximate surface area is 133 Å². The van der Waals surface area contributed by atoms with Gasteiger partial charge in [-0.1, -0.05) is 24.3 Å². The number of ether oxygens (including phenoxy) is 2. The third kappa shape index (κ3) is 3.56. The Morgan fingerprint density at radius 2 is 1.95 bits per heavy atom. The Morgan fingerprint density at radius 3 is 2.57 bits per heavy atom. The number of halogens is 1. The highest BCUT2D eigenvalue weighted by Gasteiger charge is 2.18. The fourth-order valence-corrected chi connectivity index (χ4v) is 2.79. The number of rotatable bonds is 6. The molecule has 0 saturated heterocycles. The molecule has 0 bridgehead atoms. The maximum Gasteiger partial charge on any atom is 0.133 e. The molecule has 0 fully saturated rings. The van der Waals surface area contributed by atoms with Crippen LogP contribution in [0.1, 0.15) is 24.1 Å². The lowest BCUT2D eigenvalue weighted by molar-refractivity contribution is 0.333. The molecular formula is C16H19BrN2O2. The summed E-state index contributed by atoms with van der Waals surface area (Å²) in [6.45, 7) is 2.58. The van der Waals surface area contributed by atoms with Gasteiger partial charge in [0.2, 0.25) is 0 Å². The molecule has 0 spiro atoms. The normalized spacial score (nSPS) is 12.0. The van der Waals surface area contributed by atoms with Gasteiger partial charge in [0.05, 0.1) is 24.2 Å². The molecule has 0 aliphatic heterocycles. The van der Waals surface area contributed by atoms with Gasteiger partial charge in [-0.15, -0.1) is 0 Å². The number of nitrogens with two attached hydrogens (primary N) is 1.